The first kappa shape index (κ1) is 11.6. The monoisotopic (exact) mass is 218 g/mol. The molecule has 1 fully saturated rings. The van der Waals surface area contributed by atoms with E-state index in [1.54, 1.807) is 0 Å². The lowest BCUT2D eigenvalue weighted by atomic mass is 9.81. The number of hydrogen-bond acceptors (Lipinski definition) is 2. The maximum Gasteiger partial charge on any atom is 0.0315 e. The molecule has 2 nitrogen and oxygen atoms in total. The first-order valence-corrected chi connectivity index (χ1v) is 6.41. The maximum atomic E-state index is 4.16. The Morgan fingerprint density at radius 2 is 2.25 bits per heavy atom. The Kier molecular flexibility index (Phi) is 3.94. The Bertz CT molecular complexity index is 306. The minimum absolute atomic E-state index is 0.406. The van der Waals surface area contributed by atoms with Crippen molar-refractivity contribution in [2.45, 2.75) is 51.6 Å². The summed E-state index contributed by atoms with van der Waals surface area (Å²) in [6.45, 7) is 4.51. The van der Waals surface area contributed by atoms with Gasteiger partial charge in [-0.2, -0.15) is 0 Å². The van der Waals surface area contributed by atoms with E-state index in [0.29, 0.717) is 12.1 Å². The fourth-order valence-electron chi connectivity index (χ4n) is 2.45. The highest BCUT2D eigenvalue weighted by Gasteiger charge is 2.20. The molecule has 1 aromatic rings. The first-order valence-electron chi connectivity index (χ1n) is 6.41. The quantitative estimate of drug-likeness (QED) is 0.820. The number of nitrogens with zero attached hydrogens (tertiary/aromatic N) is 1. The lowest BCUT2D eigenvalue weighted by Gasteiger charge is -2.30. The highest BCUT2D eigenvalue weighted by Crippen LogP contribution is 2.30. The molecule has 1 aliphatic carbocycles. The maximum absolute atomic E-state index is 4.16. The van der Waals surface area contributed by atoms with E-state index in [1.807, 2.05) is 18.5 Å². The third kappa shape index (κ3) is 3.05. The molecule has 0 spiro atoms. The average Bonchev–Trinajstić information content (AvgIpc) is 2.25. The second kappa shape index (κ2) is 5.44. The number of nitrogens with one attached hydrogen (secondary N) is 1. The van der Waals surface area contributed by atoms with Gasteiger partial charge in [0.15, 0.2) is 0 Å². The Morgan fingerprint density at radius 1 is 1.44 bits per heavy atom. The number of rotatable bonds is 5. The van der Waals surface area contributed by atoms with E-state index >= 15 is 0 Å². The SMILES string of the molecule is CC(CC1CCC1)NC(C)c1cccnc1. The van der Waals surface area contributed by atoms with Crippen LogP contribution in [0.25, 0.3) is 0 Å². The lowest BCUT2D eigenvalue weighted by molar-refractivity contribution is 0.259. The van der Waals surface area contributed by atoms with Gasteiger partial charge in [0.2, 0.25) is 0 Å². The zero-order valence-corrected chi connectivity index (χ0v) is 10.3. The molecule has 88 valence electrons. The van der Waals surface area contributed by atoms with Crippen molar-refractivity contribution in [1.82, 2.24) is 10.3 Å². The van der Waals surface area contributed by atoms with Crippen LogP contribution in [0.2, 0.25) is 0 Å². The molecule has 1 heterocycles. The highest BCUT2D eigenvalue weighted by molar-refractivity contribution is 5.12. The molecule has 0 bridgehead atoms. The summed E-state index contributed by atoms with van der Waals surface area (Å²) in [4.78, 5) is 4.16. The molecular formula is C14H22N2. The third-order valence-corrected chi connectivity index (χ3v) is 3.63. The molecule has 1 aliphatic rings. The average molecular weight is 218 g/mol. The highest BCUT2D eigenvalue weighted by atomic mass is 14.9. The second-order valence-corrected chi connectivity index (χ2v) is 5.11. The van der Waals surface area contributed by atoms with Gasteiger partial charge in [0, 0.05) is 24.5 Å². The van der Waals surface area contributed by atoms with Gasteiger partial charge in [-0.15, -0.1) is 0 Å². The van der Waals surface area contributed by atoms with Crippen LogP contribution in [0.4, 0.5) is 0 Å². The fraction of sp³-hybridized carbons (Fsp3) is 0.643. The number of aromatic nitrogens is 1. The summed E-state index contributed by atoms with van der Waals surface area (Å²) in [6.07, 6.45) is 9.42. The normalized spacial score (nSPS) is 20.1. The van der Waals surface area contributed by atoms with Gasteiger partial charge < -0.3 is 5.32 Å². The molecule has 2 atom stereocenters. The van der Waals surface area contributed by atoms with Crippen LogP contribution >= 0.6 is 0 Å². The van der Waals surface area contributed by atoms with Crippen LogP contribution in [0.1, 0.15) is 51.1 Å². The zero-order valence-electron chi connectivity index (χ0n) is 10.3. The Balaban J connectivity index is 1.79. The van der Waals surface area contributed by atoms with Crippen LogP contribution in [0, 0.1) is 5.92 Å². The summed E-state index contributed by atoms with van der Waals surface area (Å²) in [5.41, 5.74) is 1.28. The van der Waals surface area contributed by atoms with E-state index in [-0.39, 0.29) is 0 Å². The molecule has 0 aromatic carbocycles. The molecule has 0 saturated heterocycles. The molecule has 0 aliphatic heterocycles. The van der Waals surface area contributed by atoms with Gasteiger partial charge in [-0.25, -0.2) is 0 Å². The smallest absolute Gasteiger partial charge is 0.0315 e. The van der Waals surface area contributed by atoms with Crippen LogP contribution in [0.3, 0.4) is 0 Å². The van der Waals surface area contributed by atoms with Crippen LogP contribution in [-0.4, -0.2) is 11.0 Å². The number of pyridine rings is 1. The molecule has 1 N–H and O–H groups in total. The molecule has 2 rings (SSSR count). The summed E-state index contributed by atoms with van der Waals surface area (Å²) < 4.78 is 0. The van der Waals surface area contributed by atoms with E-state index in [9.17, 15) is 0 Å². The second-order valence-electron chi connectivity index (χ2n) is 5.11. The lowest BCUT2D eigenvalue weighted by Crippen LogP contribution is -2.32. The summed E-state index contributed by atoms with van der Waals surface area (Å²) in [6, 6.07) is 5.16. The molecule has 16 heavy (non-hydrogen) atoms. The third-order valence-electron chi connectivity index (χ3n) is 3.63. The molecule has 2 heteroatoms. The van der Waals surface area contributed by atoms with E-state index < -0.39 is 0 Å². The zero-order chi connectivity index (χ0) is 11.4. The van der Waals surface area contributed by atoms with Gasteiger partial charge in [-0.3, -0.25) is 4.98 Å². The van der Waals surface area contributed by atoms with Crippen molar-refractivity contribution in [3.8, 4) is 0 Å². The van der Waals surface area contributed by atoms with Crippen molar-refractivity contribution in [3.63, 3.8) is 0 Å². The van der Waals surface area contributed by atoms with Crippen molar-refractivity contribution < 1.29 is 0 Å². The van der Waals surface area contributed by atoms with Gasteiger partial charge in [0.1, 0.15) is 0 Å². The summed E-state index contributed by atoms with van der Waals surface area (Å²) in [7, 11) is 0. The van der Waals surface area contributed by atoms with Crippen LogP contribution in [0.5, 0.6) is 0 Å². The van der Waals surface area contributed by atoms with E-state index in [4.69, 9.17) is 0 Å². The number of hydrogen-bond donors (Lipinski definition) is 1. The van der Waals surface area contributed by atoms with Crippen molar-refractivity contribution in [1.29, 1.82) is 0 Å². The molecular weight excluding hydrogens is 196 g/mol. The van der Waals surface area contributed by atoms with Gasteiger partial charge in [0.05, 0.1) is 0 Å². The van der Waals surface area contributed by atoms with Crippen molar-refractivity contribution in [2.24, 2.45) is 5.92 Å². The summed E-state index contributed by atoms with van der Waals surface area (Å²) in [5.74, 6) is 0.976. The van der Waals surface area contributed by atoms with Crippen molar-refractivity contribution in [2.75, 3.05) is 0 Å². The van der Waals surface area contributed by atoms with Gasteiger partial charge in [-0.1, -0.05) is 25.3 Å². The molecule has 1 aromatic heterocycles. The Labute approximate surface area is 98.5 Å². The molecule has 1 saturated carbocycles. The minimum atomic E-state index is 0.406. The van der Waals surface area contributed by atoms with Gasteiger partial charge in [-0.05, 0) is 37.8 Å². The first-order chi connectivity index (χ1) is 7.75. The van der Waals surface area contributed by atoms with Gasteiger partial charge >= 0.3 is 0 Å². The van der Waals surface area contributed by atoms with Crippen LogP contribution < -0.4 is 5.32 Å². The van der Waals surface area contributed by atoms with E-state index in [0.717, 1.165) is 5.92 Å². The predicted molar refractivity (Wildman–Crippen MR) is 67.2 cm³/mol. The predicted octanol–water partition coefficient (Wildman–Crippen LogP) is 3.31. The van der Waals surface area contributed by atoms with E-state index in [1.165, 1.54) is 31.2 Å². The molecule has 0 radical (unpaired) electrons. The van der Waals surface area contributed by atoms with E-state index in [2.05, 4.69) is 30.2 Å². The van der Waals surface area contributed by atoms with Crippen molar-refractivity contribution >= 4 is 0 Å². The van der Waals surface area contributed by atoms with Crippen LogP contribution in [0.15, 0.2) is 24.5 Å². The Hall–Kier alpha value is -0.890. The summed E-state index contributed by atoms with van der Waals surface area (Å²) >= 11 is 0. The largest absolute Gasteiger partial charge is 0.308 e. The standard InChI is InChI=1S/C14H22N2/c1-11(9-13-5-3-6-13)16-12(2)14-7-4-8-15-10-14/h4,7-8,10-13,16H,3,5-6,9H2,1-2H3. The molecule has 2 unspecified atom stereocenters. The van der Waals surface area contributed by atoms with Crippen LogP contribution in [-0.2, 0) is 0 Å². The Morgan fingerprint density at radius 3 is 2.81 bits per heavy atom. The minimum Gasteiger partial charge on any atom is -0.308 e. The molecule has 0 amide bonds. The summed E-state index contributed by atoms with van der Waals surface area (Å²) in [5, 5.41) is 3.66. The fourth-order valence-corrected chi connectivity index (χ4v) is 2.45. The topological polar surface area (TPSA) is 24.9 Å². The van der Waals surface area contributed by atoms with Crippen molar-refractivity contribution in [3.05, 3.63) is 30.1 Å². The van der Waals surface area contributed by atoms with Gasteiger partial charge in [0.25, 0.3) is 0 Å².